The first kappa shape index (κ1) is 20.6. The van der Waals surface area contributed by atoms with Crippen molar-refractivity contribution in [1.29, 1.82) is 0 Å². The number of hydrogen-bond donors (Lipinski definition) is 0. The van der Waals surface area contributed by atoms with Gasteiger partial charge in [0.15, 0.2) is 0 Å². The van der Waals surface area contributed by atoms with Crippen LogP contribution in [0.3, 0.4) is 0 Å². The Balaban J connectivity index is 1.35. The third kappa shape index (κ3) is 5.10. The van der Waals surface area contributed by atoms with Crippen molar-refractivity contribution in [2.75, 3.05) is 31.1 Å². The quantitative estimate of drug-likeness (QED) is 0.583. The van der Waals surface area contributed by atoms with Gasteiger partial charge in [0.25, 0.3) is 0 Å². The van der Waals surface area contributed by atoms with Crippen molar-refractivity contribution in [3.8, 4) is 0 Å². The summed E-state index contributed by atoms with van der Waals surface area (Å²) in [6.07, 6.45) is 2.16. The summed E-state index contributed by atoms with van der Waals surface area (Å²) >= 11 is 1.30. The molecule has 1 aliphatic heterocycles. The lowest BCUT2D eigenvalue weighted by Crippen LogP contribution is -2.48. The van der Waals surface area contributed by atoms with E-state index in [4.69, 9.17) is 0 Å². The Hall–Kier alpha value is -2.62. The topological polar surface area (TPSA) is 66.4 Å². The number of halogens is 1. The standard InChI is InChI=1S/C21H21FN4O2S2/c22-19-8-6-18(7-9-19)16-20-23-21(29-24-20)25-11-13-26(14-12-25)30(27,28)15-10-17-4-2-1-3-5-17/h1-10,15H,11-14,16H2/b15-10+. The van der Waals surface area contributed by atoms with E-state index in [1.807, 2.05) is 30.3 Å². The van der Waals surface area contributed by atoms with E-state index in [-0.39, 0.29) is 5.82 Å². The first-order valence-corrected chi connectivity index (χ1v) is 11.8. The lowest BCUT2D eigenvalue weighted by Gasteiger charge is -2.32. The maximum absolute atomic E-state index is 13.0. The molecule has 30 heavy (non-hydrogen) atoms. The second-order valence-electron chi connectivity index (χ2n) is 6.94. The van der Waals surface area contributed by atoms with Gasteiger partial charge in [-0.3, -0.25) is 0 Å². The molecule has 156 valence electrons. The van der Waals surface area contributed by atoms with Crippen LogP contribution in [0.1, 0.15) is 17.0 Å². The lowest BCUT2D eigenvalue weighted by atomic mass is 10.1. The monoisotopic (exact) mass is 444 g/mol. The molecule has 0 saturated carbocycles. The van der Waals surface area contributed by atoms with Crippen LogP contribution < -0.4 is 4.90 Å². The Morgan fingerprint density at radius 1 is 1.00 bits per heavy atom. The molecule has 0 unspecified atom stereocenters. The average molecular weight is 445 g/mol. The van der Waals surface area contributed by atoms with Gasteiger partial charge in [0.05, 0.1) is 0 Å². The van der Waals surface area contributed by atoms with Crippen LogP contribution in [0, 0.1) is 5.82 Å². The summed E-state index contributed by atoms with van der Waals surface area (Å²) in [5, 5.41) is 2.05. The van der Waals surface area contributed by atoms with Crippen LogP contribution in [0.4, 0.5) is 9.52 Å². The highest BCUT2D eigenvalue weighted by Crippen LogP contribution is 2.22. The molecule has 3 aromatic rings. The number of benzene rings is 2. The summed E-state index contributed by atoms with van der Waals surface area (Å²) in [7, 11) is -3.46. The molecule has 2 aromatic carbocycles. The van der Waals surface area contributed by atoms with Gasteiger partial charge in [-0.25, -0.2) is 17.8 Å². The number of hydrogen-bond acceptors (Lipinski definition) is 6. The second kappa shape index (κ2) is 9.03. The van der Waals surface area contributed by atoms with Gasteiger partial charge in [0.2, 0.25) is 15.2 Å². The first-order chi connectivity index (χ1) is 14.5. The molecule has 1 aliphatic rings. The lowest BCUT2D eigenvalue weighted by molar-refractivity contribution is 0.390. The molecular formula is C21H21FN4O2S2. The Bertz CT molecular complexity index is 1110. The number of sulfonamides is 1. The van der Waals surface area contributed by atoms with E-state index in [1.54, 1.807) is 18.2 Å². The molecule has 1 saturated heterocycles. The Labute approximate surface area is 179 Å². The van der Waals surface area contributed by atoms with Gasteiger partial charge in [-0.2, -0.15) is 8.68 Å². The number of nitrogens with zero attached hydrogens (tertiary/aromatic N) is 4. The molecule has 1 aromatic heterocycles. The molecule has 0 radical (unpaired) electrons. The van der Waals surface area contributed by atoms with E-state index >= 15 is 0 Å². The Morgan fingerprint density at radius 3 is 2.40 bits per heavy atom. The fourth-order valence-corrected chi connectivity index (χ4v) is 5.09. The third-order valence-corrected chi connectivity index (χ3v) is 7.21. The molecule has 0 bridgehead atoms. The van der Waals surface area contributed by atoms with E-state index in [0.29, 0.717) is 38.4 Å². The molecular weight excluding hydrogens is 423 g/mol. The van der Waals surface area contributed by atoms with E-state index in [9.17, 15) is 12.8 Å². The van der Waals surface area contributed by atoms with Crippen LogP contribution in [-0.2, 0) is 16.4 Å². The molecule has 0 amide bonds. The SMILES string of the molecule is O=S(=O)(/C=C/c1ccccc1)N1CCN(c2nc(Cc3ccc(F)cc3)ns2)CC1. The highest BCUT2D eigenvalue weighted by atomic mass is 32.2. The van der Waals surface area contributed by atoms with Crippen molar-refractivity contribution in [3.05, 3.63) is 82.8 Å². The fourth-order valence-electron chi connectivity index (χ4n) is 3.18. The first-order valence-electron chi connectivity index (χ1n) is 9.55. The summed E-state index contributed by atoms with van der Waals surface area (Å²) in [5.74, 6) is 0.416. The van der Waals surface area contributed by atoms with Gasteiger partial charge in [-0.15, -0.1) is 0 Å². The summed E-state index contributed by atoms with van der Waals surface area (Å²) in [6.45, 7) is 1.91. The predicted molar refractivity (Wildman–Crippen MR) is 117 cm³/mol. The molecule has 1 fully saturated rings. The predicted octanol–water partition coefficient (Wildman–Crippen LogP) is 3.39. The van der Waals surface area contributed by atoms with Gasteiger partial charge in [-0.1, -0.05) is 42.5 Å². The number of aromatic nitrogens is 2. The van der Waals surface area contributed by atoms with Crippen molar-refractivity contribution in [2.24, 2.45) is 0 Å². The van der Waals surface area contributed by atoms with E-state index in [2.05, 4.69) is 14.3 Å². The van der Waals surface area contributed by atoms with Gasteiger partial charge in [0.1, 0.15) is 11.6 Å². The molecule has 2 heterocycles. The van der Waals surface area contributed by atoms with Crippen LogP contribution in [0.5, 0.6) is 0 Å². The van der Waals surface area contributed by atoms with Gasteiger partial charge < -0.3 is 4.90 Å². The minimum Gasteiger partial charge on any atom is -0.344 e. The third-order valence-electron chi connectivity index (χ3n) is 4.83. The van der Waals surface area contributed by atoms with Crippen molar-refractivity contribution in [2.45, 2.75) is 6.42 Å². The zero-order valence-corrected chi connectivity index (χ0v) is 17.8. The number of piperazine rings is 1. The minimum atomic E-state index is -3.46. The second-order valence-corrected chi connectivity index (χ2v) is 9.49. The molecule has 6 nitrogen and oxygen atoms in total. The summed E-state index contributed by atoms with van der Waals surface area (Å²) in [5.41, 5.74) is 1.80. The van der Waals surface area contributed by atoms with Crippen LogP contribution in [0.25, 0.3) is 6.08 Å². The highest BCUT2D eigenvalue weighted by molar-refractivity contribution is 7.92. The zero-order valence-electron chi connectivity index (χ0n) is 16.2. The van der Waals surface area contributed by atoms with Crippen LogP contribution in [-0.4, -0.2) is 48.3 Å². The average Bonchev–Trinajstić information content (AvgIpc) is 3.23. The summed E-state index contributed by atoms with van der Waals surface area (Å²) in [4.78, 5) is 6.63. The maximum atomic E-state index is 13.0. The van der Waals surface area contributed by atoms with Crippen molar-refractivity contribution >= 4 is 32.8 Å². The largest absolute Gasteiger partial charge is 0.344 e. The van der Waals surface area contributed by atoms with Crippen molar-refractivity contribution in [3.63, 3.8) is 0 Å². The zero-order chi connectivity index (χ0) is 21.0. The molecule has 0 aliphatic carbocycles. The Morgan fingerprint density at radius 2 is 1.70 bits per heavy atom. The minimum absolute atomic E-state index is 0.267. The van der Waals surface area contributed by atoms with Crippen molar-refractivity contribution in [1.82, 2.24) is 13.7 Å². The number of rotatable bonds is 6. The summed E-state index contributed by atoms with van der Waals surface area (Å²) in [6, 6.07) is 15.7. The van der Waals surface area contributed by atoms with Gasteiger partial charge in [-0.05, 0) is 29.3 Å². The smallest absolute Gasteiger partial charge is 0.236 e. The van der Waals surface area contributed by atoms with E-state index in [1.165, 1.54) is 33.4 Å². The molecule has 0 atom stereocenters. The van der Waals surface area contributed by atoms with Gasteiger partial charge >= 0.3 is 0 Å². The van der Waals surface area contributed by atoms with Crippen LogP contribution in [0.2, 0.25) is 0 Å². The fraction of sp³-hybridized carbons (Fsp3) is 0.238. The molecule has 0 spiro atoms. The highest BCUT2D eigenvalue weighted by Gasteiger charge is 2.26. The van der Waals surface area contributed by atoms with Crippen molar-refractivity contribution < 1.29 is 12.8 Å². The van der Waals surface area contributed by atoms with E-state index < -0.39 is 10.0 Å². The molecule has 9 heteroatoms. The molecule has 4 rings (SSSR count). The van der Waals surface area contributed by atoms with Crippen LogP contribution in [0.15, 0.2) is 60.0 Å². The maximum Gasteiger partial charge on any atom is 0.236 e. The Kier molecular flexibility index (Phi) is 6.21. The van der Waals surface area contributed by atoms with Gasteiger partial charge in [0, 0.05) is 49.5 Å². The molecule has 0 N–H and O–H groups in total. The van der Waals surface area contributed by atoms with Crippen LogP contribution >= 0.6 is 11.5 Å². The number of anilines is 1. The van der Waals surface area contributed by atoms with E-state index in [0.717, 1.165) is 16.3 Å². The summed E-state index contributed by atoms with van der Waals surface area (Å²) < 4.78 is 44.1. The normalized spacial score (nSPS) is 15.7.